The van der Waals surface area contributed by atoms with E-state index in [1.807, 2.05) is 22.6 Å². The summed E-state index contributed by atoms with van der Waals surface area (Å²) in [5.41, 5.74) is -2.37. The Morgan fingerprint density at radius 3 is 2.41 bits per heavy atom. The molecule has 0 saturated carbocycles. The van der Waals surface area contributed by atoms with Crippen molar-refractivity contribution in [3.05, 3.63) is 33.1 Å². The smallest absolute Gasteiger partial charge is 0.413 e. The quantitative estimate of drug-likeness (QED) is 0.370. The normalized spacial score (nSPS) is 25.7. The van der Waals surface area contributed by atoms with Crippen LogP contribution in [0, 0.1) is 9.39 Å². The third kappa shape index (κ3) is 6.12. The molecule has 1 aliphatic heterocycles. The molecule has 1 heterocycles. The van der Waals surface area contributed by atoms with Crippen LogP contribution in [0.5, 0.6) is 0 Å². The molecule has 2 atom stereocenters. The predicted octanol–water partition coefficient (Wildman–Crippen LogP) is 5.39. The number of amides is 1. The lowest BCUT2D eigenvalue weighted by Crippen LogP contribution is -2.58. The monoisotopic (exact) mass is 591 g/mol. The fourth-order valence-corrected chi connectivity index (χ4v) is 6.14. The maximum absolute atomic E-state index is 14.7. The molecular weight excluding hydrogens is 565 g/mol. The fourth-order valence-electron chi connectivity index (χ4n) is 3.14. The molecule has 1 aromatic rings. The van der Waals surface area contributed by atoms with Gasteiger partial charge in [0.1, 0.15) is 34.1 Å². The molecule has 32 heavy (non-hydrogen) atoms. The van der Waals surface area contributed by atoms with Crippen molar-refractivity contribution in [1.29, 1.82) is 0 Å². The van der Waals surface area contributed by atoms with Gasteiger partial charge in [-0.2, -0.15) is 13.2 Å². The van der Waals surface area contributed by atoms with Crippen molar-refractivity contribution in [1.82, 2.24) is 5.32 Å². The summed E-state index contributed by atoms with van der Waals surface area (Å²) < 4.78 is 75.4. The van der Waals surface area contributed by atoms with Crippen molar-refractivity contribution in [2.45, 2.75) is 63.6 Å². The van der Waals surface area contributed by atoms with Crippen molar-refractivity contribution >= 4 is 44.2 Å². The maximum Gasteiger partial charge on any atom is 0.413 e. The van der Waals surface area contributed by atoms with Gasteiger partial charge in [-0.05, 0) is 82.3 Å². The lowest BCUT2D eigenvalue weighted by molar-refractivity contribution is -0.117. The van der Waals surface area contributed by atoms with Crippen molar-refractivity contribution in [3.63, 3.8) is 0 Å². The molecule has 0 radical (unpaired) electrons. The Hall–Kier alpha value is -1.44. The van der Waals surface area contributed by atoms with Gasteiger partial charge in [-0.25, -0.2) is 17.8 Å². The molecule has 6 nitrogen and oxygen atoms in total. The van der Waals surface area contributed by atoms with E-state index in [-0.39, 0.29) is 11.4 Å². The van der Waals surface area contributed by atoms with Crippen LogP contribution in [0.3, 0.4) is 0 Å². The van der Waals surface area contributed by atoms with Crippen LogP contribution in [0.2, 0.25) is 0 Å². The Morgan fingerprint density at radius 1 is 1.28 bits per heavy atom. The zero-order valence-corrected chi connectivity index (χ0v) is 21.5. The first-order valence-electron chi connectivity index (χ1n) is 9.61. The lowest BCUT2D eigenvalue weighted by atomic mass is 9.93. The summed E-state index contributed by atoms with van der Waals surface area (Å²) >= 11 is 1.96. The highest BCUT2D eigenvalue weighted by Crippen LogP contribution is 2.40. The minimum absolute atomic E-state index is 0.0401. The Bertz CT molecular complexity index is 1060. The van der Waals surface area contributed by atoms with Crippen LogP contribution in [0.15, 0.2) is 27.6 Å². The molecule has 0 saturated heterocycles. The number of nitrogens with one attached hydrogen (secondary N) is 1. The zero-order valence-electron chi connectivity index (χ0n) is 18.6. The van der Waals surface area contributed by atoms with Crippen molar-refractivity contribution in [2.75, 3.05) is 12.3 Å². The number of carbonyl (C=O) groups is 1. The molecule has 1 aromatic carbocycles. The summed E-state index contributed by atoms with van der Waals surface area (Å²) in [6.07, 6.45) is -5.60. The lowest BCUT2D eigenvalue weighted by Gasteiger charge is -2.42. The van der Waals surface area contributed by atoms with E-state index in [2.05, 4.69) is 14.7 Å². The molecule has 0 aromatic heterocycles. The van der Waals surface area contributed by atoms with Gasteiger partial charge in [0.15, 0.2) is 0 Å². The molecule has 0 bridgehead atoms. The SMILES string of the molecule is CC(C)(C)OC(=O)NC1=N[C@](C)(c2cc(I)ccc2F)CS(=O)(=NCC(F)(F)F)C1(C)C. The van der Waals surface area contributed by atoms with E-state index in [1.165, 1.54) is 39.0 Å². The highest BCUT2D eigenvalue weighted by Gasteiger charge is 2.50. The van der Waals surface area contributed by atoms with Crippen molar-refractivity contribution in [3.8, 4) is 0 Å². The number of nitrogens with zero attached hydrogens (tertiary/aromatic N) is 2. The van der Waals surface area contributed by atoms with Crippen LogP contribution >= 0.6 is 22.6 Å². The molecule has 1 unspecified atom stereocenters. The number of aliphatic imine (C=N–C) groups is 1. The predicted molar refractivity (Wildman–Crippen MR) is 124 cm³/mol. The van der Waals surface area contributed by atoms with Crippen LogP contribution in [-0.4, -0.2) is 45.0 Å². The van der Waals surface area contributed by atoms with Crippen LogP contribution in [-0.2, 0) is 20.0 Å². The summed E-state index contributed by atoms with van der Waals surface area (Å²) in [5.74, 6) is -1.31. The zero-order chi connectivity index (χ0) is 24.8. The number of alkyl carbamates (subject to hydrolysis) is 1. The van der Waals surface area contributed by atoms with E-state index in [9.17, 15) is 26.6 Å². The van der Waals surface area contributed by atoms with Gasteiger partial charge in [-0.1, -0.05) is 0 Å². The summed E-state index contributed by atoms with van der Waals surface area (Å²) in [6, 6.07) is 4.20. The molecule has 2 rings (SSSR count). The van der Waals surface area contributed by atoms with Gasteiger partial charge < -0.3 is 4.74 Å². The van der Waals surface area contributed by atoms with E-state index in [0.29, 0.717) is 3.57 Å². The number of benzene rings is 1. The molecule has 0 fully saturated rings. The molecular formula is C20H26F4IN3O3S. The third-order valence-corrected chi connectivity index (χ3v) is 8.74. The van der Waals surface area contributed by atoms with E-state index in [4.69, 9.17) is 4.74 Å². The number of ether oxygens (including phenoxy) is 1. The van der Waals surface area contributed by atoms with Gasteiger partial charge in [-0.15, -0.1) is 0 Å². The average Bonchev–Trinajstić information content (AvgIpc) is 2.58. The minimum atomic E-state index is -4.68. The fraction of sp³-hybridized carbons (Fsp3) is 0.600. The van der Waals surface area contributed by atoms with E-state index >= 15 is 0 Å². The molecule has 180 valence electrons. The molecule has 12 heteroatoms. The van der Waals surface area contributed by atoms with E-state index < -0.39 is 56.0 Å². The number of amidine groups is 1. The first kappa shape index (κ1) is 26.8. The van der Waals surface area contributed by atoms with Gasteiger partial charge in [0.2, 0.25) is 0 Å². The summed E-state index contributed by atoms with van der Waals surface area (Å²) in [5, 5.41) is 2.42. The highest BCUT2D eigenvalue weighted by atomic mass is 127. The van der Waals surface area contributed by atoms with Crippen LogP contribution in [0.25, 0.3) is 0 Å². The van der Waals surface area contributed by atoms with Gasteiger partial charge in [0, 0.05) is 9.13 Å². The first-order valence-corrected chi connectivity index (χ1v) is 12.4. The molecule has 1 aliphatic rings. The number of alkyl halides is 3. The standard InChI is InChI=1S/C20H26F4IN3O3S/c1-17(2,3)31-16(29)27-15-18(4,5)32(30,26-10-20(22,23)24)11-19(6,28-15)13-9-12(25)7-8-14(13)21/h7-9H,10-11H2,1-6H3,(H,27,28,29)/t19-,32?/m0/s1. The second kappa shape index (κ2) is 8.73. The number of hydrogen-bond acceptors (Lipinski definition) is 5. The number of rotatable bonds is 2. The Morgan fingerprint density at radius 2 is 1.88 bits per heavy atom. The van der Waals surface area contributed by atoms with E-state index in [1.54, 1.807) is 20.8 Å². The first-order chi connectivity index (χ1) is 14.3. The minimum Gasteiger partial charge on any atom is -0.444 e. The maximum atomic E-state index is 14.7. The molecule has 1 amide bonds. The molecule has 1 N–H and O–H groups in total. The Kier molecular flexibility index (Phi) is 7.31. The van der Waals surface area contributed by atoms with Gasteiger partial charge >= 0.3 is 12.3 Å². The summed E-state index contributed by atoms with van der Waals surface area (Å²) in [6.45, 7) is 7.48. The average molecular weight is 591 g/mol. The molecule has 0 aliphatic carbocycles. The summed E-state index contributed by atoms with van der Waals surface area (Å²) in [7, 11) is -3.69. The number of halogens is 5. The van der Waals surface area contributed by atoms with Gasteiger partial charge in [-0.3, -0.25) is 10.3 Å². The highest BCUT2D eigenvalue weighted by molar-refractivity contribution is 14.1. The van der Waals surface area contributed by atoms with Crippen LogP contribution < -0.4 is 5.32 Å². The van der Waals surface area contributed by atoms with Gasteiger partial charge in [0.25, 0.3) is 0 Å². The topological polar surface area (TPSA) is 80.1 Å². The number of carbonyl (C=O) groups excluding carboxylic acids is 1. The largest absolute Gasteiger partial charge is 0.444 e. The second-order valence-electron chi connectivity index (χ2n) is 9.18. The van der Waals surface area contributed by atoms with Crippen LogP contribution in [0.1, 0.15) is 47.1 Å². The second-order valence-corrected chi connectivity index (χ2v) is 13.3. The van der Waals surface area contributed by atoms with Gasteiger partial charge in [0.05, 0.1) is 15.5 Å². The van der Waals surface area contributed by atoms with Crippen LogP contribution in [0.4, 0.5) is 22.4 Å². The third-order valence-electron chi connectivity index (χ3n) is 4.78. The van der Waals surface area contributed by atoms with Crippen molar-refractivity contribution in [2.24, 2.45) is 9.36 Å². The summed E-state index contributed by atoms with van der Waals surface area (Å²) in [4.78, 5) is 16.9. The van der Waals surface area contributed by atoms with E-state index in [0.717, 1.165) is 0 Å². The Labute approximate surface area is 198 Å². The molecule has 0 spiro atoms. The Balaban J connectivity index is 2.71. The van der Waals surface area contributed by atoms with Crippen molar-refractivity contribution < 1.29 is 31.3 Å². The number of hydrogen-bond donors (Lipinski definition) is 1.